The number of aromatic hydroxyl groups is 1. The standard InChI is InChI=1S/C20H23F3N4O3/c21-20(22,23)14-7-3-4-8-15(14)27-13-16(28)18(25-27)19(30)24-10-6-12-26-11-5-1-2-9-17(26)29/h3-4,7-8,13,28H,1-2,5-6,9-12H2,(H,24,30). The van der Waals surface area contributed by atoms with Crippen LogP contribution in [0.5, 0.6) is 5.75 Å². The summed E-state index contributed by atoms with van der Waals surface area (Å²) < 4.78 is 40.4. The van der Waals surface area contributed by atoms with E-state index in [2.05, 4.69) is 10.4 Å². The van der Waals surface area contributed by atoms with Crippen molar-refractivity contribution in [3.63, 3.8) is 0 Å². The largest absolute Gasteiger partial charge is 0.504 e. The van der Waals surface area contributed by atoms with Crippen LogP contribution in [0.3, 0.4) is 0 Å². The van der Waals surface area contributed by atoms with Gasteiger partial charge in [0.05, 0.1) is 17.4 Å². The van der Waals surface area contributed by atoms with Crippen LogP contribution in [0, 0.1) is 0 Å². The summed E-state index contributed by atoms with van der Waals surface area (Å²) in [5.74, 6) is -1.11. The van der Waals surface area contributed by atoms with Crippen LogP contribution in [0.25, 0.3) is 5.69 Å². The van der Waals surface area contributed by atoms with Crippen molar-refractivity contribution in [3.8, 4) is 11.4 Å². The van der Waals surface area contributed by atoms with Gasteiger partial charge >= 0.3 is 6.18 Å². The molecule has 0 saturated carbocycles. The second-order valence-corrected chi connectivity index (χ2v) is 7.12. The van der Waals surface area contributed by atoms with Crippen molar-refractivity contribution in [1.82, 2.24) is 20.0 Å². The topological polar surface area (TPSA) is 87.5 Å². The number of alkyl halides is 3. The van der Waals surface area contributed by atoms with E-state index in [-0.39, 0.29) is 23.8 Å². The minimum Gasteiger partial charge on any atom is -0.504 e. The summed E-state index contributed by atoms with van der Waals surface area (Å²) in [5, 5.41) is 16.4. The van der Waals surface area contributed by atoms with Gasteiger partial charge in [0.2, 0.25) is 5.91 Å². The third kappa shape index (κ3) is 5.11. The Morgan fingerprint density at radius 1 is 1.20 bits per heavy atom. The second-order valence-electron chi connectivity index (χ2n) is 7.12. The molecule has 0 atom stereocenters. The maximum Gasteiger partial charge on any atom is 0.418 e. The fourth-order valence-electron chi connectivity index (χ4n) is 3.39. The fraction of sp³-hybridized carbons (Fsp3) is 0.450. The zero-order valence-electron chi connectivity index (χ0n) is 16.3. The number of amides is 2. The molecule has 1 aromatic carbocycles. The molecule has 2 N–H and O–H groups in total. The first kappa shape index (κ1) is 21.7. The first-order valence-electron chi connectivity index (χ1n) is 9.78. The lowest BCUT2D eigenvalue weighted by Crippen LogP contribution is -2.34. The molecule has 0 bridgehead atoms. The molecule has 1 fully saturated rings. The number of nitrogens with one attached hydrogen (secondary N) is 1. The van der Waals surface area contributed by atoms with Gasteiger partial charge in [0.1, 0.15) is 0 Å². The summed E-state index contributed by atoms with van der Waals surface area (Å²) in [5.41, 5.74) is -1.58. The van der Waals surface area contributed by atoms with Gasteiger partial charge < -0.3 is 15.3 Å². The van der Waals surface area contributed by atoms with Gasteiger partial charge in [0, 0.05) is 26.1 Å². The smallest absolute Gasteiger partial charge is 0.418 e. The Kier molecular flexibility index (Phi) is 6.63. The monoisotopic (exact) mass is 424 g/mol. The minimum absolute atomic E-state index is 0.110. The van der Waals surface area contributed by atoms with E-state index < -0.39 is 23.4 Å². The molecule has 1 aromatic heterocycles. The van der Waals surface area contributed by atoms with Gasteiger partial charge in [0.25, 0.3) is 5.91 Å². The van der Waals surface area contributed by atoms with E-state index in [9.17, 15) is 27.9 Å². The van der Waals surface area contributed by atoms with Gasteiger partial charge in [-0.2, -0.15) is 18.3 Å². The van der Waals surface area contributed by atoms with E-state index >= 15 is 0 Å². The third-order valence-electron chi connectivity index (χ3n) is 4.93. The third-order valence-corrected chi connectivity index (χ3v) is 4.93. The molecule has 162 valence electrons. The second kappa shape index (κ2) is 9.19. The lowest BCUT2D eigenvalue weighted by molar-refractivity contribution is -0.137. The number of benzene rings is 1. The van der Waals surface area contributed by atoms with Crippen molar-refractivity contribution < 1.29 is 27.9 Å². The average Bonchev–Trinajstić information content (AvgIpc) is 2.97. The Labute approximate surface area is 171 Å². The summed E-state index contributed by atoms with van der Waals surface area (Å²) in [6, 6.07) is 4.76. The molecule has 1 aliphatic rings. The number of aromatic nitrogens is 2. The van der Waals surface area contributed by atoms with E-state index in [0.29, 0.717) is 25.9 Å². The van der Waals surface area contributed by atoms with E-state index in [1.165, 1.54) is 18.2 Å². The molecule has 0 aliphatic carbocycles. The van der Waals surface area contributed by atoms with Crippen molar-refractivity contribution in [1.29, 1.82) is 0 Å². The number of likely N-dealkylation sites (tertiary alicyclic amines) is 1. The Morgan fingerprint density at radius 2 is 1.97 bits per heavy atom. The van der Waals surface area contributed by atoms with Crippen LogP contribution in [-0.2, 0) is 11.0 Å². The highest BCUT2D eigenvalue weighted by Crippen LogP contribution is 2.34. The van der Waals surface area contributed by atoms with Crippen LogP contribution in [0.2, 0.25) is 0 Å². The zero-order valence-corrected chi connectivity index (χ0v) is 16.3. The number of hydrogen-bond donors (Lipinski definition) is 2. The average molecular weight is 424 g/mol. The van der Waals surface area contributed by atoms with Gasteiger partial charge in [-0.15, -0.1) is 0 Å². The minimum atomic E-state index is -4.61. The molecule has 30 heavy (non-hydrogen) atoms. The number of para-hydroxylation sites is 1. The van der Waals surface area contributed by atoms with Gasteiger partial charge in [0.15, 0.2) is 11.4 Å². The SMILES string of the molecule is O=C(NCCCN1CCCCCC1=O)c1nn(-c2ccccc2C(F)(F)F)cc1O. The molecule has 7 nitrogen and oxygen atoms in total. The molecule has 2 amide bonds. The molecule has 0 radical (unpaired) electrons. The highest BCUT2D eigenvalue weighted by molar-refractivity contribution is 5.94. The molecule has 0 unspecified atom stereocenters. The van der Waals surface area contributed by atoms with E-state index in [1.807, 2.05) is 0 Å². The van der Waals surface area contributed by atoms with Gasteiger partial charge in [-0.1, -0.05) is 18.6 Å². The van der Waals surface area contributed by atoms with Crippen LogP contribution >= 0.6 is 0 Å². The van der Waals surface area contributed by atoms with Crippen molar-refractivity contribution >= 4 is 11.8 Å². The predicted molar refractivity (Wildman–Crippen MR) is 102 cm³/mol. The molecule has 2 aromatic rings. The molecule has 0 spiro atoms. The molecule has 1 saturated heterocycles. The lowest BCUT2D eigenvalue weighted by Gasteiger charge is -2.20. The number of hydrogen-bond acceptors (Lipinski definition) is 4. The maximum atomic E-state index is 13.2. The quantitative estimate of drug-likeness (QED) is 0.698. The van der Waals surface area contributed by atoms with Crippen molar-refractivity contribution in [2.24, 2.45) is 0 Å². The molecule has 1 aliphatic heterocycles. The molecular weight excluding hydrogens is 401 g/mol. The summed E-state index contributed by atoms with van der Waals surface area (Å²) >= 11 is 0. The molecule has 2 heterocycles. The zero-order chi connectivity index (χ0) is 21.7. The van der Waals surface area contributed by atoms with Crippen LogP contribution in [0.15, 0.2) is 30.5 Å². The van der Waals surface area contributed by atoms with E-state index in [4.69, 9.17) is 0 Å². The molecular formula is C20H23F3N4O3. The van der Waals surface area contributed by atoms with Crippen LogP contribution in [-0.4, -0.2) is 51.2 Å². The Bertz CT molecular complexity index is 911. The van der Waals surface area contributed by atoms with Gasteiger partial charge in [-0.25, -0.2) is 4.68 Å². The summed E-state index contributed by atoms with van der Waals surface area (Å²) in [6.45, 7) is 1.46. The van der Waals surface area contributed by atoms with E-state index in [1.54, 1.807) is 4.90 Å². The lowest BCUT2D eigenvalue weighted by atomic mass is 10.2. The van der Waals surface area contributed by atoms with Crippen molar-refractivity contribution in [3.05, 3.63) is 41.7 Å². The highest BCUT2D eigenvalue weighted by atomic mass is 19.4. The predicted octanol–water partition coefficient (Wildman–Crippen LogP) is 3.12. The highest BCUT2D eigenvalue weighted by Gasteiger charge is 2.34. The van der Waals surface area contributed by atoms with Crippen LogP contribution in [0.4, 0.5) is 13.2 Å². The first-order valence-corrected chi connectivity index (χ1v) is 9.78. The molecule has 10 heteroatoms. The van der Waals surface area contributed by atoms with Crippen molar-refractivity contribution in [2.45, 2.75) is 38.3 Å². The van der Waals surface area contributed by atoms with Gasteiger partial charge in [-0.3, -0.25) is 9.59 Å². The first-order chi connectivity index (χ1) is 14.3. The number of nitrogens with zero attached hydrogens (tertiary/aromatic N) is 3. The summed E-state index contributed by atoms with van der Waals surface area (Å²) in [7, 11) is 0. The van der Waals surface area contributed by atoms with Gasteiger partial charge in [-0.05, 0) is 31.4 Å². The van der Waals surface area contributed by atoms with Crippen LogP contribution < -0.4 is 5.32 Å². The number of halogens is 3. The van der Waals surface area contributed by atoms with E-state index in [0.717, 1.165) is 36.2 Å². The Morgan fingerprint density at radius 3 is 2.73 bits per heavy atom. The fourth-order valence-corrected chi connectivity index (χ4v) is 3.39. The maximum absolute atomic E-state index is 13.2. The van der Waals surface area contributed by atoms with Crippen LogP contribution in [0.1, 0.15) is 48.2 Å². The number of rotatable bonds is 6. The summed E-state index contributed by atoms with van der Waals surface area (Å²) in [4.78, 5) is 26.0. The van der Waals surface area contributed by atoms with Crippen molar-refractivity contribution in [2.75, 3.05) is 19.6 Å². The number of carbonyl (C=O) groups excluding carboxylic acids is 2. The Hall–Kier alpha value is -3.04. The number of carbonyl (C=O) groups is 2. The summed E-state index contributed by atoms with van der Waals surface area (Å²) in [6.07, 6.45) is 0.306. The Balaban J connectivity index is 1.62. The normalized spacial score (nSPS) is 15.2. The molecule has 3 rings (SSSR count).